The van der Waals surface area contributed by atoms with Crippen LogP contribution in [-0.2, 0) is 0 Å². The van der Waals surface area contributed by atoms with E-state index in [2.05, 4.69) is 6.92 Å². The number of rotatable bonds is 5. The number of nitrogens with zero attached hydrogens (tertiary/aromatic N) is 1. The van der Waals surface area contributed by atoms with Crippen molar-refractivity contribution in [2.75, 3.05) is 25.5 Å². The highest BCUT2D eigenvalue weighted by Gasteiger charge is 2.11. The second kappa shape index (κ2) is 6.72. The Balaban J connectivity index is 2.43. The number of halogens is 1. The molecule has 0 saturated heterocycles. The molecule has 2 aromatic rings. The first kappa shape index (κ1) is 15.5. The van der Waals surface area contributed by atoms with Crippen LogP contribution in [0, 0.1) is 5.82 Å². The number of benzene rings is 2. The van der Waals surface area contributed by atoms with Gasteiger partial charge in [0.15, 0.2) is 0 Å². The van der Waals surface area contributed by atoms with Crippen molar-refractivity contribution >= 4 is 5.69 Å². The van der Waals surface area contributed by atoms with Crippen molar-refractivity contribution in [1.29, 1.82) is 0 Å². The quantitative estimate of drug-likeness (QED) is 0.899. The van der Waals surface area contributed by atoms with Gasteiger partial charge in [-0.25, -0.2) is 4.39 Å². The van der Waals surface area contributed by atoms with Gasteiger partial charge in [0.25, 0.3) is 0 Å². The number of hydrogen-bond donors (Lipinski definition) is 1. The summed E-state index contributed by atoms with van der Waals surface area (Å²) in [6.45, 7) is 2.77. The van der Waals surface area contributed by atoms with Crippen LogP contribution in [0.2, 0.25) is 0 Å². The van der Waals surface area contributed by atoms with Gasteiger partial charge < -0.3 is 10.6 Å². The van der Waals surface area contributed by atoms with Crippen molar-refractivity contribution in [3.8, 4) is 11.1 Å². The molecule has 0 saturated carbocycles. The van der Waals surface area contributed by atoms with Gasteiger partial charge in [-0.05, 0) is 54.3 Å². The molecule has 0 fully saturated rings. The molecule has 0 heterocycles. The maximum atomic E-state index is 14.2. The summed E-state index contributed by atoms with van der Waals surface area (Å²) in [7, 11) is 3.96. The number of nitrogens with two attached hydrogens (primary N) is 1. The molecule has 0 amide bonds. The minimum Gasteiger partial charge on any atom is -0.378 e. The van der Waals surface area contributed by atoms with Crippen molar-refractivity contribution in [2.24, 2.45) is 5.73 Å². The molecular formula is C18H23FN2. The third-order valence-electron chi connectivity index (χ3n) is 3.83. The monoisotopic (exact) mass is 286 g/mol. The smallest absolute Gasteiger partial charge is 0.131 e. The molecule has 0 aliphatic heterocycles. The fourth-order valence-electron chi connectivity index (χ4n) is 2.44. The Morgan fingerprint density at radius 2 is 1.90 bits per heavy atom. The molecule has 112 valence electrons. The molecule has 0 aromatic heterocycles. The molecule has 2 N–H and O–H groups in total. The molecule has 21 heavy (non-hydrogen) atoms. The van der Waals surface area contributed by atoms with Crippen LogP contribution in [0.3, 0.4) is 0 Å². The average Bonchev–Trinajstić information content (AvgIpc) is 2.48. The van der Waals surface area contributed by atoms with Crippen molar-refractivity contribution in [3.63, 3.8) is 0 Å². The summed E-state index contributed by atoms with van der Waals surface area (Å²) in [4.78, 5) is 2.02. The van der Waals surface area contributed by atoms with E-state index in [9.17, 15) is 4.39 Å². The summed E-state index contributed by atoms with van der Waals surface area (Å²) in [5.74, 6) is 0.154. The SMILES string of the molecule is CC(CCN)c1ccc(F)c(-c2cccc(N(C)C)c2)c1. The van der Waals surface area contributed by atoms with Crippen molar-refractivity contribution in [2.45, 2.75) is 19.3 Å². The third kappa shape index (κ3) is 3.61. The highest BCUT2D eigenvalue weighted by molar-refractivity contribution is 5.69. The molecule has 2 rings (SSSR count). The average molecular weight is 286 g/mol. The number of anilines is 1. The van der Waals surface area contributed by atoms with E-state index in [1.165, 1.54) is 0 Å². The molecule has 0 aliphatic carbocycles. The Kier molecular flexibility index (Phi) is 4.97. The van der Waals surface area contributed by atoms with Crippen LogP contribution in [0.15, 0.2) is 42.5 Å². The lowest BCUT2D eigenvalue weighted by Gasteiger charge is -2.16. The maximum Gasteiger partial charge on any atom is 0.131 e. The molecule has 3 heteroatoms. The van der Waals surface area contributed by atoms with Crippen LogP contribution in [-0.4, -0.2) is 20.6 Å². The van der Waals surface area contributed by atoms with Crippen molar-refractivity contribution in [3.05, 3.63) is 53.8 Å². The van der Waals surface area contributed by atoms with Crippen LogP contribution in [0.4, 0.5) is 10.1 Å². The minimum atomic E-state index is -0.186. The predicted molar refractivity (Wildman–Crippen MR) is 88.2 cm³/mol. The molecule has 0 spiro atoms. The molecule has 2 aromatic carbocycles. The van der Waals surface area contributed by atoms with E-state index < -0.39 is 0 Å². The van der Waals surface area contributed by atoms with Gasteiger partial charge in [-0.2, -0.15) is 0 Å². The van der Waals surface area contributed by atoms with Crippen LogP contribution < -0.4 is 10.6 Å². The van der Waals surface area contributed by atoms with Crippen LogP contribution in [0.1, 0.15) is 24.8 Å². The van der Waals surface area contributed by atoms with E-state index in [4.69, 9.17) is 5.73 Å². The lowest BCUT2D eigenvalue weighted by Crippen LogP contribution is -2.08. The summed E-state index contributed by atoms with van der Waals surface area (Å²) in [6.07, 6.45) is 0.906. The molecule has 0 bridgehead atoms. The van der Waals surface area contributed by atoms with Gasteiger partial charge in [0.2, 0.25) is 0 Å². The standard InChI is InChI=1S/C18H23FN2/c1-13(9-10-20)14-7-8-18(19)17(12-14)15-5-4-6-16(11-15)21(2)3/h4-8,11-13H,9-10,20H2,1-3H3. The molecule has 0 radical (unpaired) electrons. The number of hydrogen-bond acceptors (Lipinski definition) is 2. The first-order chi connectivity index (χ1) is 10.0. The van der Waals surface area contributed by atoms with Gasteiger partial charge >= 0.3 is 0 Å². The Morgan fingerprint density at radius 3 is 2.57 bits per heavy atom. The first-order valence-electron chi connectivity index (χ1n) is 7.30. The lowest BCUT2D eigenvalue weighted by molar-refractivity contribution is 0.627. The molecule has 1 atom stereocenters. The molecule has 1 unspecified atom stereocenters. The fourth-order valence-corrected chi connectivity index (χ4v) is 2.44. The van der Waals surface area contributed by atoms with Gasteiger partial charge in [-0.15, -0.1) is 0 Å². The lowest BCUT2D eigenvalue weighted by atomic mass is 9.93. The minimum absolute atomic E-state index is 0.186. The van der Waals surface area contributed by atoms with E-state index in [0.717, 1.165) is 23.2 Å². The molecule has 0 aliphatic rings. The summed E-state index contributed by atoms with van der Waals surface area (Å²) in [6, 6.07) is 13.3. The van der Waals surface area contributed by atoms with Gasteiger partial charge in [0, 0.05) is 25.3 Å². The Morgan fingerprint density at radius 1 is 1.14 bits per heavy atom. The largest absolute Gasteiger partial charge is 0.378 e. The van der Waals surface area contributed by atoms with Crippen molar-refractivity contribution in [1.82, 2.24) is 0 Å². The van der Waals surface area contributed by atoms with Crippen LogP contribution >= 0.6 is 0 Å². The predicted octanol–water partition coefficient (Wildman–Crippen LogP) is 4.01. The second-order valence-electron chi connectivity index (χ2n) is 5.66. The van der Waals surface area contributed by atoms with Gasteiger partial charge in [-0.3, -0.25) is 0 Å². The van der Waals surface area contributed by atoms with Gasteiger partial charge in [0.05, 0.1) is 0 Å². The van der Waals surface area contributed by atoms with Crippen LogP contribution in [0.25, 0.3) is 11.1 Å². The van der Waals surface area contributed by atoms with E-state index in [1.807, 2.05) is 55.4 Å². The Bertz CT molecular complexity index is 608. The third-order valence-corrected chi connectivity index (χ3v) is 3.83. The van der Waals surface area contributed by atoms with E-state index in [-0.39, 0.29) is 5.82 Å². The van der Waals surface area contributed by atoms with E-state index in [0.29, 0.717) is 18.0 Å². The summed E-state index contributed by atoms with van der Waals surface area (Å²) in [5, 5.41) is 0. The highest BCUT2D eigenvalue weighted by atomic mass is 19.1. The Hall–Kier alpha value is -1.87. The summed E-state index contributed by atoms with van der Waals surface area (Å²) >= 11 is 0. The first-order valence-corrected chi connectivity index (χ1v) is 7.30. The zero-order valence-electron chi connectivity index (χ0n) is 12.9. The maximum absolute atomic E-state index is 14.2. The topological polar surface area (TPSA) is 29.3 Å². The second-order valence-corrected chi connectivity index (χ2v) is 5.66. The molecular weight excluding hydrogens is 263 g/mol. The zero-order valence-corrected chi connectivity index (χ0v) is 12.9. The highest BCUT2D eigenvalue weighted by Crippen LogP contribution is 2.30. The molecule has 2 nitrogen and oxygen atoms in total. The van der Waals surface area contributed by atoms with Crippen molar-refractivity contribution < 1.29 is 4.39 Å². The van der Waals surface area contributed by atoms with Gasteiger partial charge in [-0.1, -0.05) is 25.1 Å². The fraction of sp³-hybridized carbons (Fsp3) is 0.333. The van der Waals surface area contributed by atoms with E-state index in [1.54, 1.807) is 6.07 Å². The van der Waals surface area contributed by atoms with Crippen LogP contribution in [0.5, 0.6) is 0 Å². The summed E-state index contributed by atoms with van der Waals surface area (Å²) in [5.41, 5.74) is 9.37. The zero-order chi connectivity index (χ0) is 15.4. The van der Waals surface area contributed by atoms with Gasteiger partial charge in [0.1, 0.15) is 5.82 Å². The normalized spacial score (nSPS) is 12.2. The van der Waals surface area contributed by atoms with E-state index >= 15 is 0 Å². The Labute approximate surface area is 126 Å². The summed E-state index contributed by atoms with van der Waals surface area (Å²) < 4.78 is 14.2.